The van der Waals surface area contributed by atoms with Gasteiger partial charge in [0, 0.05) is 32.4 Å². The number of anilines is 3. The van der Waals surface area contributed by atoms with Crippen molar-refractivity contribution in [3.63, 3.8) is 0 Å². The number of nitrogens with zero attached hydrogens (tertiary/aromatic N) is 6. The SMILES string of the molecule is Cc1nn(C2CCN(C)C2)cc1Nc1ncc(Cl)c(NCCCN2CCOCC(C)(C)C2=O)n1. The van der Waals surface area contributed by atoms with Crippen LogP contribution < -0.4 is 10.6 Å². The van der Waals surface area contributed by atoms with Crippen molar-refractivity contribution in [3.05, 3.63) is 23.1 Å². The molecule has 2 aliphatic rings. The highest BCUT2D eigenvalue weighted by molar-refractivity contribution is 6.32. The van der Waals surface area contributed by atoms with Gasteiger partial charge in [-0.3, -0.25) is 9.48 Å². The van der Waals surface area contributed by atoms with Gasteiger partial charge in [-0.25, -0.2) is 4.98 Å². The smallest absolute Gasteiger partial charge is 0.230 e. The van der Waals surface area contributed by atoms with Gasteiger partial charge in [0.1, 0.15) is 10.8 Å². The van der Waals surface area contributed by atoms with Gasteiger partial charge in [-0.1, -0.05) is 11.6 Å². The lowest BCUT2D eigenvalue weighted by Gasteiger charge is -2.27. The Bertz CT molecular complexity index is 1010. The van der Waals surface area contributed by atoms with Crippen LogP contribution in [0, 0.1) is 12.3 Å². The van der Waals surface area contributed by atoms with Crippen molar-refractivity contribution in [1.82, 2.24) is 29.5 Å². The van der Waals surface area contributed by atoms with E-state index in [0.29, 0.717) is 55.7 Å². The van der Waals surface area contributed by atoms with Gasteiger partial charge in [0.25, 0.3) is 0 Å². The molecule has 2 N–H and O–H groups in total. The highest BCUT2D eigenvalue weighted by Crippen LogP contribution is 2.26. The third-order valence-corrected chi connectivity index (χ3v) is 6.66. The fourth-order valence-electron chi connectivity index (χ4n) is 4.37. The first-order chi connectivity index (χ1) is 16.2. The lowest BCUT2D eigenvalue weighted by molar-refractivity contribution is -0.139. The second-order valence-corrected chi connectivity index (χ2v) is 10.2. The number of aryl methyl sites for hydroxylation is 1. The number of carbonyl (C=O) groups excluding carboxylic acids is 1. The minimum atomic E-state index is -0.486. The molecule has 10 nitrogen and oxygen atoms in total. The molecule has 1 amide bonds. The van der Waals surface area contributed by atoms with Crippen molar-refractivity contribution >= 4 is 35.0 Å². The summed E-state index contributed by atoms with van der Waals surface area (Å²) >= 11 is 6.33. The Morgan fingerprint density at radius 3 is 2.91 bits per heavy atom. The molecule has 186 valence electrons. The van der Waals surface area contributed by atoms with E-state index in [4.69, 9.17) is 16.3 Å². The number of rotatable bonds is 8. The zero-order valence-corrected chi connectivity index (χ0v) is 21.2. The maximum atomic E-state index is 12.7. The van der Waals surface area contributed by atoms with E-state index in [-0.39, 0.29) is 5.91 Å². The van der Waals surface area contributed by atoms with Gasteiger partial charge in [-0.2, -0.15) is 10.1 Å². The summed E-state index contributed by atoms with van der Waals surface area (Å²) in [7, 11) is 2.13. The molecule has 0 saturated carbocycles. The highest BCUT2D eigenvalue weighted by Gasteiger charge is 2.34. The Kier molecular flexibility index (Phi) is 7.59. The molecule has 0 aliphatic carbocycles. The molecule has 1 unspecified atom stereocenters. The minimum Gasteiger partial charge on any atom is -0.379 e. The van der Waals surface area contributed by atoms with Gasteiger partial charge in [-0.15, -0.1) is 0 Å². The van der Waals surface area contributed by atoms with Gasteiger partial charge in [0.2, 0.25) is 11.9 Å². The maximum Gasteiger partial charge on any atom is 0.230 e. The Morgan fingerprint density at radius 2 is 2.15 bits per heavy atom. The fraction of sp³-hybridized carbons (Fsp3) is 0.652. The largest absolute Gasteiger partial charge is 0.379 e. The second-order valence-electron chi connectivity index (χ2n) is 9.84. The van der Waals surface area contributed by atoms with E-state index in [0.717, 1.165) is 37.3 Å². The van der Waals surface area contributed by atoms with Crippen LogP contribution in [0.1, 0.15) is 38.4 Å². The zero-order chi connectivity index (χ0) is 24.3. The van der Waals surface area contributed by atoms with Gasteiger partial charge in [-0.05, 0) is 47.2 Å². The molecule has 0 radical (unpaired) electrons. The number of aromatic nitrogens is 4. The van der Waals surface area contributed by atoms with Crippen LogP contribution in [-0.2, 0) is 9.53 Å². The molecule has 2 fully saturated rings. The van der Waals surface area contributed by atoms with Gasteiger partial charge >= 0.3 is 0 Å². The highest BCUT2D eigenvalue weighted by atomic mass is 35.5. The standard InChI is InChI=1S/C23H35ClN8O2/c1-16-19(14-32(29-16)17-6-9-30(4)13-17)27-22-26-12-18(24)20(28-22)25-7-5-8-31-10-11-34-15-23(2,3)21(31)33/h12,14,17H,5-11,13,15H2,1-4H3,(H2,25,26,27,28). The molecule has 2 saturated heterocycles. The molecule has 2 aliphatic heterocycles. The Labute approximate surface area is 206 Å². The monoisotopic (exact) mass is 490 g/mol. The van der Waals surface area contributed by atoms with Crippen LogP contribution in [0.2, 0.25) is 5.02 Å². The Balaban J connectivity index is 1.33. The molecule has 11 heteroatoms. The Hall–Kier alpha value is -2.43. The number of hydrogen-bond donors (Lipinski definition) is 2. The van der Waals surface area contributed by atoms with Crippen LogP contribution in [0.5, 0.6) is 0 Å². The van der Waals surface area contributed by atoms with Crippen LogP contribution in [0.4, 0.5) is 17.5 Å². The molecule has 2 aromatic heterocycles. The average Bonchev–Trinajstić information content (AvgIpc) is 3.36. The first-order valence-electron chi connectivity index (χ1n) is 11.9. The summed E-state index contributed by atoms with van der Waals surface area (Å²) in [6, 6.07) is 0.385. The van der Waals surface area contributed by atoms with Crippen molar-refractivity contribution in [3.8, 4) is 0 Å². The topological polar surface area (TPSA) is 100 Å². The number of halogens is 1. The van der Waals surface area contributed by atoms with Crippen LogP contribution in [0.3, 0.4) is 0 Å². The first-order valence-corrected chi connectivity index (χ1v) is 12.3. The van der Waals surface area contributed by atoms with E-state index in [2.05, 4.69) is 37.6 Å². The number of likely N-dealkylation sites (N-methyl/N-ethyl adjacent to an activating group) is 1. The summed E-state index contributed by atoms with van der Waals surface area (Å²) < 4.78 is 7.61. The van der Waals surface area contributed by atoms with Crippen LogP contribution >= 0.6 is 11.6 Å². The third-order valence-electron chi connectivity index (χ3n) is 6.38. The molecule has 2 aromatic rings. The fourth-order valence-corrected chi connectivity index (χ4v) is 4.53. The average molecular weight is 491 g/mol. The molecule has 0 spiro atoms. The van der Waals surface area contributed by atoms with Crippen LogP contribution in [0.15, 0.2) is 12.4 Å². The number of hydrogen-bond acceptors (Lipinski definition) is 8. The summed E-state index contributed by atoms with van der Waals surface area (Å²) in [5.41, 5.74) is 1.30. The molecular formula is C23H35ClN8O2. The van der Waals surface area contributed by atoms with E-state index >= 15 is 0 Å². The third kappa shape index (κ3) is 5.79. The number of nitrogens with one attached hydrogen (secondary N) is 2. The Morgan fingerprint density at radius 1 is 1.32 bits per heavy atom. The quantitative estimate of drug-likeness (QED) is 0.545. The molecule has 4 heterocycles. The lowest BCUT2D eigenvalue weighted by Crippen LogP contribution is -2.42. The first kappa shape index (κ1) is 24.7. The van der Waals surface area contributed by atoms with Gasteiger partial charge < -0.3 is 25.2 Å². The maximum absolute atomic E-state index is 12.7. The van der Waals surface area contributed by atoms with Gasteiger partial charge in [0.15, 0.2) is 0 Å². The molecule has 34 heavy (non-hydrogen) atoms. The zero-order valence-electron chi connectivity index (χ0n) is 20.5. The number of carbonyl (C=O) groups is 1. The molecule has 0 aromatic carbocycles. The summed E-state index contributed by atoms with van der Waals surface area (Å²) in [6.07, 6.45) is 5.47. The molecular weight excluding hydrogens is 456 g/mol. The van der Waals surface area contributed by atoms with Crippen molar-refractivity contribution in [2.45, 2.75) is 39.7 Å². The van der Waals surface area contributed by atoms with Crippen LogP contribution in [-0.4, -0.2) is 88.4 Å². The molecule has 1 atom stereocenters. The van der Waals surface area contributed by atoms with Crippen molar-refractivity contribution in [1.29, 1.82) is 0 Å². The summed E-state index contributed by atoms with van der Waals surface area (Å²) in [4.78, 5) is 25.8. The second kappa shape index (κ2) is 10.5. The number of ether oxygens (including phenoxy) is 1. The summed E-state index contributed by atoms with van der Waals surface area (Å²) in [5.74, 6) is 1.16. The number of likely N-dealkylation sites (tertiary alicyclic amines) is 1. The normalized spacial score (nSPS) is 21.0. The summed E-state index contributed by atoms with van der Waals surface area (Å²) in [5, 5.41) is 11.7. The van der Waals surface area contributed by atoms with Crippen molar-refractivity contribution in [2.75, 3.05) is 63.6 Å². The van der Waals surface area contributed by atoms with E-state index in [1.54, 1.807) is 6.20 Å². The number of amides is 1. The predicted octanol–water partition coefficient (Wildman–Crippen LogP) is 2.94. The summed E-state index contributed by atoms with van der Waals surface area (Å²) in [6.45, 7) is 10.9. The van der Waals surface area contributed by atoms with E-state index in [1.807, 2.05) is 36.5 Å². The lowest BCUT2D eigenvalue weighted by atomic mass is 9.93. The molecule has 4 rings (SSSR count). The minimum absolute atomic E-state index is 0.136. The van der Waals surface area contributed by atoms with Gasteiger partial charge in [0.05, 0.1) is 42.2 Å². The van der Waals surface area contributed by atoms with E-state index < -0.39 is 5.41 Å². The predicted molar refractivity (Wildman–Crippen MR) is 133 cm³/mol. The van der Waals surface area contributed by atoms with Crippen molar-refractivity contribution in [2.24, 2.45) is 5.41 Å². The van der Waals surface area contributed by atoms with Crippen LogP contribution in [0.25, 0.3) is 0 Å². The molecule has 0 bridgehead atoms. The van der Waals surface area contributed by atoms with Crippen molar-refractivity contribution < 1.29 is 9.53 Å². The van der Waals surface area contributed by atoms with E-state index in [9.17, 15) is 4.79 Å². The van der Waals surface area contributed by atoms with E-state index in [1.165, 1.54) is 0 Å².